The molecule has 0 unspecified atom stereocenters. The number of aromatic nitrogens is 2. The van der Waals surface area contributed by atoms with Crippen molar-refractivity contribution < 1.29 is 9.66 Å². The molecule has 142 valence electrons. The molecule has 1 aromatic heterocycles. The van der Waals surface area contributed by atoms with Gasteiger partial charge in [-0.3, -0.25) is 24.6 Å². The Labute approximate surface area is 158 Å². The molecular weight excluding hydrogens is 410 g/mol. The van der Waals surface area contributed by atoms with Crippen molar-refractivity contribution in [2.75, 3.05) is 39.4 Å². The Hall–Kier alpha value is -2.08. The maximum absolute atomic E-state index is 11.6. The van der Waals surface area contributed by atoms with Gasteiger partial charge >= 0.3 is 11.1 Å². The molecule has 1 aliphatic rings. The van der Waals surface area contributed by atoms with Crippen molar-refractivity contribution >= 4 is 33.7 Å². The summed E-state index contributed by atoms with van der Waals surface area (Å²) in [5, 5.41) is 14.3. The molecule has 2 aromatic rings. The average Bonchev–Trinajstić information content (AvgIpc) is 2.60. The van der Waals surface area contributed by atoms with Crippen LogP contribution in [0.25, 0.3) is 11.0 Å². The molecule has 0 bridgehead atoms. The second-order valence-electron chi connectivity index (χ2n) is 5.82. The summed E-state index contributed by atoms with van der Waals surface area (Å²) in [4.78, 5) is 40.7. The monoisotopic (exact) mass is 429 g/mol. The Morgan fingerprint density at radius 1 is 1.19 bits per heavy atom. The van der Waals surface area contributed by atoms with Crippen molar-refractivity contribution in [3.63, 3.8) is 0 Å². The lowest BCUT2D eigenvalue weighted by molar-refractivity contribution is -0.384. The molecule has 26 heavy (non-hydrogen) atoms. The van der Waals surface area contributed by atoms with Gasteiger partial charge in [-0.15, -0.1) is 17.0 Å². The van der Waals surface area contributed by atoms with E-state index >= 15 is 0 Å². The smallest absolute Gasteiger partial charge is 0.314 e. The van der Waals surface area contributed by atoms with Crippen LogP contribution in [0.2, 0.25) is 0 Å². The van der Waals surface area contributed by atoms with Crippen molar-refractivity contribution in [3.05, 3.63) is 48.5 Å². The van der Waals surface area contributed by atoms with Gasteiger partial charge in [0.2, 0.25) is 0 Å². The summed E-state index contributed by atoms with van der Waals surface area (Å²) in [6, 6.07) is 2.64. The number of morpholine rings is 1. The van der Waals surface area contributed by atoms with Crippen LogP contribution in [-0.4, -0.2) is 59.2 Å². The molecule has 1 aromatic carbocycles. The van der Waals surface area contributed by atoms with E-state index in [9.17, 15) is 19.7 Å². The van der Waals surface area contributed by atoms with Crippen molar-refractivity contribution in [1.82, 2.24) is 20.2 Å². The number of nitrogens with one attached hydrogen (secondary N) is 3. The molecule has 0 spiro atoms. The molecular formula is C15H20BrN5O5. The lowest BCUT2D eigenvalue weighted by Crippen LogP contribution is -2.40. The topological polar surface area (TPSA) is 133 Å². The number of nitrogens with zero attached hydrogens (tertiary/aromatic N) is 2. The molecule has 1 fully saturated rings. The number of H-pyrrole nitrogens is 2. The number of fused-ring (bicyclic) bond motifs is 1. The van der Waals surface area contributed by atoms with Gasteiger partial charge in [0.1, 0.15) is 0 Å². The summed E-state index contributed by atoms with van der Waals surface area (Å²) < 4.78 is 5.29. The quantitative estimate of drug-likeness (QED) is 0.257. The zero-order valence-electron chi connectivity index (χ0n) is 13.9. The van der Waals surface area contributed by atoms with E-state index in [0.717, 1.165) is 32.8 Å². The van der Waals surface area contributed by atoms with E-state index in [-0.39, 0.29) is 28.2 Å². The molecule has 10 nitrogen and oxygen atoms in total. The summed E-state index contributed by atoms with van der Waals surface area (Å²) >= 11 is 0. The maximum atomic E-state index is 11.6. The highest BCUT2D eigenvalue weighted by atomic mass is 79.9. The minimum absolute atomic E-state index is 0. The number of nitro benzene ring substituents is 1. The molecule has 3 rings (SSSR count). The largest absolute Gasteiger partial charge is 0.379 e. The fraction of sp³-hybridized carbons (Fsp3) is 0.467. The van der Waals surface area contributed by atoms with Gasteiger partial charge in [-0.2, -0.15) is 0 Å². The van der Waals surface area contributed by atoms with E-state index in [1.54, 1.807) is 0 Å². The molecule has 0 radical (unpaired) electrons. The van der Waals surface area contributed by atoms with E-state index in [1.807, 2.05) is 0 Å². The Kier molecular flexibility index (Phi) is 7.03. The number of ether oxygens (including phenoxy) is 1. The first-order chi connectivity index (χ1) is 12.0. The van der Waals surface area contributed by atoms with Gasteiger partial charge in [0, 0.05) is 44.9 Å². The summed E-state index contributed by atoms with van der Waals surface area (Å²) in [6.07, 6.45) is 0. The van der Waals surface area contributed by atoms with Crippen LogP contribution in [0, 0.1) is 10.1 Å². The highest BCUT2D eigenvalue weighted by molar-refractivity contribution is 8.93. The Bertz CT molecular complexity index is 890. The van der Waals surface area contributed by atoms with Gasteiger partial charge in [-0.1, -0.05) is 0 Å². The third-order valence-corrected chi connectivity index (χ3v) is 4.13. The Morgan fingerprint density at radius 3 is 2.58 bits per heavy atom. The third kappa shape index (κ3) is 4.75. The third-order valence-electron chi connectivity index (χ3n) is 4.13. The summed E-state index contributed by atoms with van der Waals surface area (Å²) in [6.45, 7) is 5.09. The summed E-state index contributed by atoms with van der Waals surface area (Å²) in [7, 11) is 0. The minimum Gasteiger partial charge on any atom is -0.379 e. The van der Waals surface area contributed by atoms with Crippen LogP contribution in [0.1, 0.15) is 5.56 Å². The van der Waals surface area contributed by atoms with Crippen LogP contribution in [0.3, 0.4) is 0 Å². The number of halogens is 1. The predicted molar refractivity (Wildman–Crippen MR) is 101 cm³/mol. The molecule has 0 aliphatic carbocycles. The highest BCUT2D eigenvalue weighted by Gasteiger charge is 2.14. The molecule has 0 saturated carbocycles. The van der Waals surface area contributed by atoms with E-state index in [0.29, 0.717) is 24.2 Å². The second kappa shape index (κ2) is 9.03. The Morgan fingerprint density at radius 2 is 1.88 bits per heavy atom. The Balaban J connectivity index is 0.00000243. The molecule has 11 heteroatoms. The van der Waals surface area contributed by atoms with Gasteiger partial charge in [-0.05, 0) is 5.56 Å². The number of nitro groups is 1. The number of benzene rings is 1. The van der Waals surface area contributed by atoms with Gasteiger partial charge in [-0.25, -0.2) is 0 Å². The van der Waals surface area contributed by atoms with Crippen LogP contribution < -0.4 is 16.4 Å². The number of hydrogen-bond acceptors (Lipinski definition) is 7. The highest BCUT2D eigenvalue weighted by Crippen LogP contribution is 2.21. The van der Waals surface area contributed by atoms with Crippen LogP contribution >= 0.6 is 17.0 Å². The lowest BCUT2D eigenvalue weighted by Gasteiger charge is -2.26. The molecule has 1 saturated heterocycles. The number of aromatic amines is 2. The van der Waals surface area contributed by atoms with E-state index in [4.69, 9.17) is 4.74 Å². The average molecular weight is 430 g/mol. The van der Waals surface area contributed by atoms with Gasteiger partial charge in [0.05, 0.1) is 29.2 Å². The fourth-order valence-corrected chi connectivity index (χ4v) is 2.81. The van der Waals surface area contributed by atoms with Crippen molar-refractivity contribution in [2.24, 2.45) is 0 Å². The zero-order valence-corrected chi connectivity index (χ0v) is 15.7. The van der Waals surface area contributed by atoms with E-state index in [2.05, 4.69) is 20.2 Å². The van der Waals surface area contributed by atoms with Crippen molar-refractivity contribution in [3.8, 4) is 0 Å². The summed E-state index contributed by atoms with van der Waals surface area (Å²) in [5.41, 5.74) is -0.562. The van der Waals surface area contributed by atoms with Crippen LogP contribution in [0.15, 0.2) is 21.7 Å². The van der Waals surface area contributed by atoms with E-state index < -0.39 is 16.0 Å². The van der Waals surface area contributed by atoms with Crippen molar-refractivity contribution in [1.29, 1.82) is 0 Å². The van der Waals surface area contributed by atoms with Crippen LogP contribution in [0.5, 0.6) is 0 Å². The van der Waals surface area contributed by atoms with Crippen LogP contribution in [-0.2, 0) is 11.3 Å². The van der Waals surface area contributed by atoms with Crippen molar-refractivity contribution in [2.45, 2.75) is 6.54 Å². The zero-order chi connectivity index (χ0) is 17.8. The van der Waals surface area contributed by atoms with Gasteiger partial charge in [0.15, 0.2) is 0 Å². The predicted octanol–water partition coefficient (Wildman–Crippen LogP) is 0.124. The second-order valence-corrected chi connectivity index (χ2v) is 5.82. The number of non-ortho nitro benzene ring substituents is 1. The first-order valence-corrected chi connectivity index (χ1v) is 7.99. The number of hydrogen-bond donors (Lipinski definition) is 3. The standard InChI is InChI=1S/C15H19N5O5.BrH/c21-14-15(22)18-13-10(7-11(20(23)24)8-12(13)17-14)9-16-1-2-19-3-5-25-6-4-19;/h7-8,16H,1-6,9H2,(H,17,21)(H,18,22);1H. The van der Waals surface area contributed by atoms with Gasteiger partial charge < -0.3 is 20.0 Å². The normalized spacial score (nSPS) is 14.9. The minimum atomic E-state index is -0.834. The molecule has 0 atom stereocenters. The lowest BCUT2D eigenvalue weighted by atomic mass is 10.1. The maximum Gasteiger partial charge on any atom is 0.314 e. The molecule has 1 aliphatic heterocycles. The molecule has 0 amide bonds. The number of rotatable bonds is 6. The molecule has 3 N–H and O–H groups in total. The first-order valence-electron chi connectivity index (χ1n) is 7.99. The van der Waals surface area contributed by atoms with Crippen LogP contribution in [0.4, 0.5) is 5.69 Å². The fourth-order valence-electron chi connectivity index (χ4n) is 2.81. The SMILES string of the molecule is Br.O=c1[nH]c2cc([N+](=O)[O-])cc(CNCCN3CCOCC3)c2[nH]c1=O. The van der Waals surface area contributed by atoms with Gasteiger partial charge in [0.25, 0.3) is 5.69 Å². The van der Waals surface area contributed by atoms with E-state index in [1.165, 1.54) is 12.1 Å². The molecule has 2 heterocycles. The first kappa shape index (κ1) is 20.2. The summed E-state index contributed by atoms with van der Waals surface area (Å²) in [5.74, 6) is 0.